The minimum absolute atomic E-state index is 0.247. The first-order valence-corrected chi connectivity index (χ1v) is 7.30. The van der Waals surface area contributed by atoms with E-state index in [0.29, 0.717) is 21.9 Å². The number of anilines is 1. The molecule has 3 aromatic heterocycles. The first-order valence-electron chi connectivity index (χ1n) is 6.01. The molecule has 0 unspecified atom stereocenters. The number of hydrogen-bond donors (Lipinski definition) is 2. The topological polar surface area (TPSA) is 88.7 Å². The lowest BCUT2D eigenvalue weighted by atomic mass is 10.3. The van der Waals surface area contributed by atoms with Crippen LogP contribution >= 0.6 is 23.6 Å². The Bertz CT molecular complexity index is 815. The smallest absolute Gasteiger partial charge is 0.260 e. The van der Waals surface area contributed by atoms with Gasteiger partial charge in [0.15, 0.2) is 9.90 Å². The molecule has 3 heterocycles. The standard InChI is InChI=1S/C12H11N5O2S2/c1-17-9(15-16-12(17)20)4-8-6-21-11(13-8)14-10(18)7-2-3-19-5-7/h2-3,5-6H,4H2,1H3,(H,16,20)(H,13,14,18). The maximum Gasteiger partial charge on any atom is 0.260 e. The summed E-state index contributed by atoms with van der Waals surface area (Å²) in [6.07, 6.45) is 3.38. The molecule has 2 N–H and O–H groups in total. The summed E-state index contributed by atoms with van der Waals surface area (Å²) in [4.78, 5) is 16.2. The number of furan rings is 1. The Morgan fingerprint density at radius 3 is 3.14 bits per heavy atom. The van der Waals surface area contributed by atoms with Crippen LogP contribution in [0, 0.1) is 4.77 Å². The van der Waals surface area contributed by atoms with Gasteiger partial charge in [0, 0.05) is 12.4 Å². The van der Waals surface area contributed by atoms with Crippen LogP contribution in [-0.2, 0) is 13.5 Å². The van der Waals surface area contributed by atoms with E-state index in [1.807, 2.05) is 12.4 Å². The number of amides is 1. The van der Waals surface area contributed by atoms with Gasteiger partial charge in [-0.3, -0.25) is 15.2 Å². The number of aromatic amines is 1. The van der Waals surface area contributed by atoms with Crippen LogP contribution < -0.4 is 5.32 Å². The van der Waals surface area contributed by atoms with Crippen molar-refractivity contribution in [3.63, 3.8) is 0 Å². The van der Waals surface area contributed by atoms with Crippen LogP contribution in [0.5, 0.6) is 0 Å². The second-order valence-electron chi connectivity index (χ2n) is 4.29. The van der Waals surface area contributed by atoms with Gasteiger partial charge in [0.05, 0.1) is 23.9 Å². The fourth-order valence-electron chi connectivity index (χ4n) is 1.71. The molecule has 3 aromatic rings. The molecule has 0 saturated carbocycles. The number of carbonyl (C=O) groups excluding carboxylic acids is 1. The molecule has 0 atom stereocenters. The maximum absolute atomic E-state index is 11.9. The highest BCUT2D eigenvalue weighted by molar-refractivity contribution is 7.71. The van der Waals surface area contributed by atoms with E-state index >= 15 is 0 Å². The molecule has 3 rings (SSSR count). The van der Waals surface area contributed by atoms with Crippen molar-refractivity contribution >= 4 is 34.6 Å². The summed E-state index contributed by atoms with van der Waals surface area (Å²) in [5.41, 5.74) is 1.28. The van der Waals surface area contributed by atoms with Crippen molar-refractivity contribution in [3.8, 4) is 0 Å². The summed E-state index contributed by atoms with van der Waals surface area (Å²) >= 11 is 6.42. The predicted octanol–water partition coefficient (Wildman–Crippen LogP) is 2.37. The van der Waals surface area contributed by atoms with E-state index in [4.69, 9.17) is 16.6 Å². The number of nitrogens with one attached hydrogen (secondary N) is 2. The highest BCUT2D eigenvalue weighted by Gasteiger charge is 2.11. The number of rotatable bonds is 4. The molecule has 7 nitrogen and oxygen atoms in total. The average molecular weight is 321 g/mol. The van der Waals surface area contributed by atoms with E-state index in [1.54, 1.807) is 10.6 Å². The number of carbonyl (C=O) groups is 1. The van der Waals surface area contributed by atoms with Crippen LogP contribution in [0.15, 0.2) is 28.4 Å². The molecule has 0 aliphatic carbocycles. The SMILES string of the molecule is Cn1c(Cc2csc(NC(=O)c3ccoc3)n2)n[nH]c1=S. The maximum atomic E-state index is 11.9. The Labute approximate surface area is 128 Å². The number of thiazole rings is 1. The molecule has 0 aliphatic heterocycles. The Morgan fingerprint density at radius 1 is 1.62 bits per heavy atom. The van der Waals surface area contributed by atoms with E-state index in [9.17, 15) is 4.79 Å². The predicted molar refractivity (Wildman–Crippen MR) is 80.0 cm³/mol. The highest BCUT2D eigenvalue weighted by atomic mass is 32.1. The van der Waals surface area contributed by atoms with Gasteiger partial charge in [0.25, 0.3) is 5.91 Å². The summed E-state index contributed by atoms with van der Waals surface area (Å²) in [5.74, 6) is 0.542. The zero-order valence-corrected chi connectivity index (χ0v) is 12.6. The van der Waals surface area contributed by atoms with Gasteiger partial charge in [0.2, 0.25) is 0 Å². The van der Waals surface area contributed by atoms with Crippen LogP contribution in [0.3, 0.4) is 0 Å². The molecule has 1 amide bonds. The Morgan fingerprint density at radius 2 is 2.48 bits per heavy atom. The summed E-state index contributed by atoms with van der Waals surface area (Å²) in [6, 6.07) is 1.60. The minimum atomic E-state index is -0.247. The van der Waals surface area contributed by atoms with Crippen molar-refractivity contribution in [1.82, 2.24) is 19.7 Å². The van der Waals surface area contributed by atoms with Gasteiger partial charge >= 0.3 is 0 Å². The van der Waals surface area contributed by atoms with Gasteiger partial charge in [-0.15, -0.1) is 11.3 Å². The molecule has 0 bridgehead atoms. The van der Waals surface area contributed by atoms with E-state index in [2.05, 4.69) is 20.5 Å². The molecular formula is C12H11N5O2S2. The molecule has 0 radical (unpaired) electrons. The lowest BCUT2D eigenvalue weighted by Crippen LogP contribution is -2.10. The van der Waals surface area contributed by atoms with Crippen molar-refractivity contribution in [1.29, 1.82) is 0 Å². The highest BCUT2D eigenvalue weighted by Crippen LogP contribution is 2.18. The van der Waals surface area contributed by atoms with Crippen LogP contribution in [0.25, 0.3) is 0 Å². The van der Waals surface area contributed by atoms with Crippen molar-refractivity contribution in [3.05, 3.63) is 45.8 Å². The number of H-pyrrole nitrogens is 1. The quantitative estimate of drug-likeness (QED) is 0.720. The third-order valence-electron chi connectivity index (χ3n) is 2.87. The first kappa shape index (κ1) is 13.7. The number of aromatic nitrogens is 4. The average Bonchev–Trinajstić information content (AvgIpc) is 3.18. The van der Waals surface area contributed by atoms with Crippen LogP contribution in [0.4, 0.5) is 5.13 Å². The summed E-state index contributed by atoms with van der Waals surface area (Å²) in [6.45, 7) is 0. The van der Waals surface area contributed by atoms with Crippen molar-refractivity contribution < 1.29 is 9.21 Å². The van der Waals surface area contributed by atoms with Gasteiger partial charge < -0.3 is 8.98 Å². The molecule has 9 heteroatoms. The summed E-state index contributed by atoms with van der Waals surface area (Å²) in [7, 11) is 1.84. The van der Waals surface area contributed by atoms with Gasteiger partial charge in [-0.1, -0.05) is 0 Å². The zero-order valence-electron chi connectivity index (χ0n) is 11.0. The van der Waals surface area contributed by atoms with Gasteiger partial charge in [-0.2, -0.15) is 5.10 Å². The van der Waals surface area contributed by atoms with Crippen LogP contribution in [-0.4, -0.2) is 25.7 Å². The van der Waals surface area contributed by atoms with Crippen molar-refractivity contribution in [2.75, 3.05) is 5.32 Å². The molecule has 108 valence electrons. The molecule has 0 spiro atoms. The van der Waals surface area contributed by atoms with E-state index in [-0.39, 0.29) is 5.91 Å². The summed E-state index contributed by atoms with van der Waals surface area (Å²) < 4.78 is 7.22. The molecule has 0 aliphatic rings. The van der Waals surface area contributed by atoms with Gasteiger partial charge in [-0.05, 0) is 18.3 Å². The van der Waals surface area contributed by atoms with E-state index in [0.717, 1.165) is 11.5 Å². The number of nitrogens with zero attached hydrogens (tertiary/aromatic N) is 3. The van der Waals surface area contributed by atoms with Crippen molar-refractivity contribution in [2.45, 2.75) is 6.42 Å². The normalized spacial score (nSPS) is 10.7. The van der Waals surface area contributed by atoms with Crippen LogP contribution in [0.2, 0.25) is 0 Å². The third-order valence-corrected chi connectivity index (χ3v) is 4.04. The molecule has 0 saturated heterocycles. The molecule has 21 heavy (non-hydrogen) atoms. The minimum Gasteiger partial charge on any atom is -0.472 e. The fraction of sp³-hybridized carbons (Fsp3) is 0.167. The lowest BCUT2D eigenvalue weighted by molar-refractivity contribution is 0.102. The Kier molecular flexibility index (Phi) is 3.67. The monoisotopic (exact) mass is 321 g/mol. The number of hydrogen-bond acceptors (Lipinski definition) is 6. The molecule has 0 aromatic carbocycles. The first-order chi connectivity index (χ1) is 10.1. The van der Waals surface area contributed by atoms with Gasteiger partial charge in [-0.25, -0.2) is 4.98 Å². The molecular weight excluding hydrogens is 310 g/mol. The molecule has 0 fully saturated rings. The third kappa shape index (κ3) is 2.93. The van der Waals surface area contributed by atoms with Crippen LogP contribution in [0.1, 0.15) is 21.9 Å². The zero-order chi connectivity index (χ0) is 14.8. The largest absolute Gasteiger partial charge is 0.472 e. The Balaban J connectivity index is 1.70. The van der Waals surface area contributed by atoms with E-state index in [1.165, 1.54) is 23.9 Å². The van der Waals surface area contributed by atoms with Crippen molar-refractivity contribution in [2.24, 2.45) is 7.05 Å². The second kappa shape index (κ2) is 5.62. The summed E-state index contributed by atoms with van der Waals surface area (Å²) in [5, 5.41) is 12.0. The second-order valence-corrected chi connectivity index (χ2v) is 5.54. The Hall–Kier alpha value is -2.26. The van der Waals surface area contributed by atoms with Gasteiger partial charge in [0.1, 0.15) is 12.1 Å². The lowest BCUT2D eigenvalue weighted by Gasteiger charge is -1.98. The fourth-order valence-corrected chi connectivity index (χ4v) is 2.56. The van der Waals surface area contributed by atoms with E-state index < -0.39 is 0 Å².